The predicted octanol–water partition coefficient (Wildman–Crippen LogP) is 2.50. The highest BCUT2D eigenvalue weighted by Gasteiger charge is 2.28. The Labute approximate surface area is 164 Å². The second-order valence-corrected chi connectivity index (χ2v) is 6.61. The molecular weight excluding hydrogens is 360 g/mol. The van der Waals surface area contributed by atoms with Gasteiger partial charge in [0.25, 0.3) is 0 Å². The number of cyclic esters (lactones) is 1. The number of amides is 1. The number of ether oxygens (including phenoxy) is 4. The Morgan fingerprint density at radius 1 is 0.893 bits per heavy atom. The van der Waals surface area contributed by atoms with Crippen molar-refractivity contribution in [2.24, 2.45) is 5.84 Å². The molecule has 2 aliphatic rings. The van der Waals surface area contributed by atoms with Gasteiger partial charge in [0.15, 0.2) is 0 Å². The summed E-state index contributed by atoms with van der Waals surface area (Å²) in [5.74, 6) is 5.35. The zero-order valence-corrected chi connectivity index (χ0v) is 15.7. The van der Waals surface area contributed by atoms with Gasteiger partial charge in [-0.1, -0.05) is 60.7 Å². The quantitative estimate of drug-likeness (QED) is 0.426. The second-order valence-electron chi connectivity index (χ2n) is 6.61. The van der Waals surface area contributed by atoms with Crippen LogP contribution in [0.5, 0.6) is 0 Å². The lowest BCUT2D eigenvalue weighted by atomic mass is 10.2. The first-order valence-electron chi connectivity index (χ1n) is 9.28. The fraction of sp³-hybridized carbons (Fsp3) is 0.381. The van der Waals surface area contributed by atoms with Crippen molar-refractivity contribution < 1.29 is 23.7 Å². The topological polar surface area (TPSA) is 86.5 Å². The first kappa shape index (κ1) is 20.3. The van der Waals surface area contributed by atoms with Gasteiger partial charge in [-0.15, -0.1) is 0 Å². The van der Waals surface area contributed by atoms with Crippen LogP contribution in [0.3, 0.4) is 0 Å². The zero-order valence-electron chi connectivity index (χ0n) is 15.7. The van der Waals surface area contributed by atoms with Gasteiger partial charge in [0, 0.05) is 0 Å². The minimum Gasteiger partial charge on any atom is -0.441 e. The third-order valence-corrected chi connectivity index (χ3v) is 4.14. The molecule has 1 amide bonds. The van der Waals surface area contributed by atoms with Gasteiger partial charge in [-0.25, -0.2) is 15.6 Å². The van der Waals surface area contributed by atoms with E-state index >= 15 is 0 Å². The Bertz CT molecular complexity index is 709. The molecule has 2 aromatic carbocycles. The van der Waals surface area contributed by atoms with E-state index in [0.29, 0.717) is 32.5 Å². The Balaban J connectivity index is 0.000000167. The van der Waals surface area contributed by atoms with Crippen LogP contribution in [-0.4, -0.2) is 49.7 Å². The molecule has 0 radical (unpaired) electrons. The lowest BCUT2D eigenvalue weighted by Gasteiger charge is -2.08. The van der Waals surface area contributed by atoms with Crippen molar-refractivity contribution in [2.45, 2.75) is 25.4 Å². The number of nitrogens with zero attached hydrogens (tertiary/aromatic N) is 1. The van der Waals surface area contributed by atoms with Crippen LogP contribution in [0.2, 0.25) is 0 Å². The summed E-state index contributed by atoms with van der Waals surface area (Å²) in [7, 11) is 0. The van der Waals surface area contributed by atoms with Crippen molar-refractivity contribution in [3.63, 3.8) is 0 Å². The summed E-state index contributed by atoms with van der Waals surface area (Å²) in [5, 5.41) is 1.05. The van der Waals surface area contributed by atoms with Crippen LogP contribution in [0.1, 0.15) is 11.1 Å². The largest absolute Gasteiger partial charge is 0.441 e. The van der Waals surface area contributed by atoms with Crippen molar-refractivity contribution in [1.29, 1.82) is 0 Å². The number of hydrazine groups is 1. The Morgan fingerprint density at radius 2 is 1.39 bits per heavy atom. The summed E-state index contributed by atoms with van der Waals surface area (Å²) in [6, 6.07) is 20.0. The number of benzene rings is 2. The Kier molecular flexibility index (Phi) is 7.81. The molecule has 0 saturated carbocycles. The number of nitrogens with two attached hydrogens (primary N) is 1. The maximum atomic E-state index is 10.9. The minimum atomic E-state index is -0.492. The molecule has 0 aliphatic carbocycles. The maximum absolute atomic E-state index is 10.9. The van der Waals surface area contributed by atoms with E-state index in [0.717, 1.165) is 23.8 Å². The average molecular weight is 386 g/mol. The zero-order chi connectivity index (χ0) is 19.6. The molecule has 28 heavy (non-hydrogen) atoms. The Hall–Kier alpha value is -2.45. The molecule has 2 aliphatic heterocycles. The summed E-state index contributed by atoms with van der Waals surface area (Å²) in [4.78, 5) is 10.9. The van der Waals surface area contributed by atoms with Gasteiger partial charge in [0.1, 0.15) is 12.2 Å². The van der Waals surface area contributed by atoms with Crippen molar-refractivity contribution in [1.82, 2.24) is 5.01 Å². The number of hydrogen-bond donors (Lipinski definition) is 1. The number of epoxide rings is 1. The molecule has 7 heteroatoms. The molecule has 150 valence electrons. The fourth-order valence-corrected chi connectivity index (χ4v) is 2.56. The molecule has 0 bridgehead atoms. The van der Waals surface area contributed by atoms with E-state index in [-0.39, 0.29) is 6.10 Å². The standard InChI is InChI=1S/C11H14N2O3.C10H12O2/c12-13-6-10(16-11(13)14)8-15-7-9-4-2-1-3-5-9;1-2-4-9(5-3-1)6-11-7-10-8-12-10/h1-5,10H,6-8,12H2;1-5,10H,6-8H2/t2*10-/m10/s1. The lowest BCUT2D eigenvalue weighted by Crippen LogP contribution is -2.32. The fourth-order valence-electron chi connectivity index (χ4n) is 2.56. The van der Waals surface area contributed by atoms with Gasteiger partial charge in [-0.05, 0) is 11.1 Å². The van der Waals surface area contributed by atoms with Crippen molar-refractivity contribution >= 4 is 6.09 Å². The molecule has 2 aromatic rings. The van der Waals surface area contributed by atoms with Crippen LogP contribution in [-0.2, 0) is 32.2 Å². The smallest absolute Gasteiger partial charge is 0.424 e. The van der Waals surface area contributed by atoms with E-state index in [1.165, 1.54) is 5.56 Å². The number of rotatable bonds is 8. The highest BCUT2D eigenvalue weighted by molar-refractivity contribution is 5.68. The highest BCUT2D eigenvalue weighted by atomic mass is 16.6. The van der Waals surface area contributed by atoms with Crippen molar-refractivity contribution in [2.75, 3.05) is 26.4 Å². The third-order valence-electron chi connectivity index (χ3n) is 4.14. The maximum Gasteiger partial charge on any atom is 0.424 e. The average Bonchev–Trinajstić information content (AvgIpc) is 3.48. The van der Waals surface area contributed by atoms with Crippen LogP contribution in [0.25, 0.3) is 0 Å². The van der Waals surface area contributed by atoms with Crippen LogP contribution in [0, 0.1) is 0 Å². The lowest BCUT2D eigenvalue weighted by molar-refractivity contribution is 0.0381. The molecule has 0 unspecified atom stereocenters. The van der Waals surface area contributed by atoms with Crippen LogP contribution in [0.15, 0.2) is 60.7 Å². The first-order chi connectivity index (χ1) is 13.7. The molecule has 2 saturated heterocycles. The number of carbonyl (C=O) groups is 1. The van der Waals surface area contributed by atoms with E-state index < -0.39 is 6.09 Å². The van der Waals surface area contributed by atoms with Crippen LogP contribution < -0.4 is 5.84 Å². The molecule has 0 aromatic heterocycles. The molecule has 2 fully saturated rings. The molecule has 7 nitrogen and oxygen atoms in total. The number of hydrogen-bond acceptors (Lipinski definition) is 6. The van der Waals surface area contributed by atoms with E-state index in [1.807, 2.05) is 48.5 Å². The van der Waals surface area contributed by atoms with Gasteiger partial charge in [-0.2, -0.15) is 0 Å². The summed E-state index contributed by atoms with van der Waals surface area (Å²) in [5.41, 5.74) is 2.31. The summed E-state index contributed by atoms with van der Waals surface area (Å²) in [6.07, 6.45) is -0.386. The van der Waals surface area contributed by atoms with Gasteiger partial charge >= 0.3 is 6.09 Å². The summed E-state index contributed by atoms with van der Waals surface area (Å²) in [6.45, 7) is 3.56. The molecule has 0 spiro atoms. The van der Waals surface area contributed by atoms with Gasteiger partial charge < -0.3 is 18.9 Å². The number of carbonyl (C=O) groups excluding carboxylic acids is 1. The van der Waals surface area contributed by atoms with E-state index in [2.05, 4.69) is 12.1 Å². The molecular formula is C21H26N2O5. The normalized spacial score (nSPS) is 20.3. The predicted molar refractivity (Wildman–Crippen MR) is 103 cm³/mol. The second kappa shape index (κ2) is 10.8. The molecule has 4 rings (SSSR count). The monoisotopic (exact) mass is 386 g/mol. The summed E-state index contributed by atoms with van der Waals surface area (Å²) >= 11 is 0. The molecule has 2 heterocycles. The van der Waals surface area contributed by atoms with E-state index in [9.17, 15) is 4.79 Å². The highest BCUT2D eigenvalue weighted by Crippen LogP contribution is 2.10. The molecule has 2 N–H and O–H groups in total. The van der Waals surface area contributed by atoms with Crippen LogP contribution in [0.4, 0.5) is 4.79 Å². The van der Waals surface area contributed by atoms with Crippen LogP contribution >= 0.6 is 0 Å². The van der Waals surface area contributed by atoms with Crippen molar-refractivity contribution in [3.05, 3.63) is 71.8 Å². The van der Waals surface area contributed by atoms with E-state index in [1.54, 1.807) is 0 Å². The van der Waals surface area contributed by atoms with Gasteiger partial charge in [-0.3, -0.25) is 0 Å². The minimum absolute atomic E-state index is 0.263. The van der Waals surface area contributed by atoms with Gasteiger partial charge in [0.2, 0.25) is 0 Å². The third kappa shape index (κ3) is 7.28. The SMILES string of the molecule is NN1C[C@H](COCc2ccccc2)OC1=O.c1ccc(COC[C@H]2CO2)cc1. The molecule has 2 atom stereocenters. The first-order valence-corrected chi connectivity index (χ1v) is 9.28. The summed E-state index contributed by atoms with van der Waals surface area (Å²) < 4.78 is 20.8. The van der Waals surface area contributed by atoms with E-state index in [4.69, 9.17) is 24.8 Å². The van der Waals surface area contributed by atoms with Crippen molar-refractivity contribution in [3.8, 4) is 0 Å². The van der Waals surface area contributed by atoms with Gasteiger partial charge in [0.05, 0.1) is 39.6 Å². The Morgan fingerprint density at radius 3 is 1.82 bits per heavy atom.